The molecular weight excluding hydrogens is 464 g/mol. The van der Waals surface area contributed by atoms with Crippen molar-refractivity contribution in [3.63, 3.8) is 0 Å². The van der Waals surface area contributed by atoms with Crippen LogP contribution in [-0.4, -0.2) is 29.0 Å². The Hall–Kier alpha value is -2.85. The van der Waals surface area contributed by atoms with Gasteiger partial charge in [-0.25, -0.2) is 27.1 Å². The van der Waals surface area contributed by atoms with E-state index in [0.29, 0.717) is 31.2 Å². The lowest BCUT2D eigenvalue weighted by atomic mass is 9.64. The summed E-state index contributed by atoms with van der Waals surface area (Å²) in [5.74, 6) is -2.10. The largest absolute Gasteiger partial charge is 0.434 e. The van der Waals surface area contributed by atoms with Crippen LogP contribution in [0.4, 0.5) is 8.78 Å². The molecule has 2 aromatic carbocycles. The third-order valence-electron chi connectivity index (χ3n) is 7.23. The highest BCUT2D eigenvalue weighted by molar-refractivity contribution is 7.89. The van der Waals surface area contributed by atoms with Crippen molar-refractivity contribution in [3.8, 4) is 0 Å². The fourth-order valence-corrected chi connectivity index (χ4v) is 7.35. The number of H-pyrrole nitrogens is 1. The predicted octanol–water partition coefficient (Wildman–Crippen LogP) is 4.17. The number of rotatable bonds is 5. The maximum atomic E-state index is 15.3. The summed E-state index contributed by atoms with van der Waals surface area (Å²) in [6.45, 7) is 1.52. The zero-order chi connectivity index (χ0) is 24.1. The topological polar surface area (TPSA) is 96.3 Å². The Kier molecular flexibility index (Phi) is 5.68. The first-order valence-electron chi connectivity index (χ1n) is 11.3. The molecule has 1 aromatic heterocycles. The Labute approximate surface area is 195 Å². The summed E-state index contributed by atoms with van der Waals surface area (Å²) in [7, 11) is -3.79. The summed E-state index contributed by atoms with van der Waals surface area (Å²) in [5, 5.41) is 5.32. The van der Waals surface area contributed by atoms with Crippen LogP contribution in [0.15, 0.2) is 51.7 Å². The van der Waals surface area contributed by atoms with Gasteiger partial charge in [-0.3, -0.25) is 0 Å². The fourth-order valence-electron chi connectivity index (χ4n) is 5.16. The van der Waals surface area contributed by atoms with Gasteiger partial charge in [0, 0.05) is 23.7 Å². The molecule has 7 nitrogen and oxygen atoms in total. The first-order chi connectivity index (χ1) is 16.2. The third-order valence-corrected chi connectivity index (χ3v) is 9.60. The smallest absolute Gasteiger partial charge is 0.392 e. The van der Waals surface area contributed by atoms with Gasteiger partial charge >= 0.3 is 5.76 Å². The number of nitrogens with zero attached hydrogens (tertiary/aromatic N) is 2. The number of nitrogens with one attached hydrogen (secondary N) is 1. The van der Waals surface area contributed by atoms with E-state index < -0.39 is 38.1 Å². The molecule has 2 fully saturated rings. The van der Waals surface area contributed by atoms with E-state index in [4.69, 9.17) is 4.42 Å². The van der Waals surface area contributed by atoms with Gasteiger partial charge in [0.2, 0.25) is 15.9 Å². The number of aromatic nitrogens is 2. The van der Waals surface area contributed by atoms with Gasteiger partial charge in [0.1, 0.15) is 16.9 Å². The molecule has 0 amide bonds. The van der Waals surface area contributed by atoms with Crippen molar-refractivity contribution < 1.29 is 21.6 Å². The van der Waals surface area contributed by atoms with Crippen LogP contribution in [0.3, 0.4) is 0 Å². The molecule has 2 aliphatic rings. The molecule has 3 aromatic rings. The van der Waals surface area contributed by atoms with Gasteiger partial charge in [-0.2, -0.15) is 4.31 Å². The lowest BCUT2D eigenvalue weighted by Gasteiger charge is -2.39. The highest BCUT2D eigenvalue weighted by atomic mass is 32.2. The number of hydrogen-bond donors (Lipinski definition) is 1. The summed E-state index contributed by atoms with van der Waals surface area (Å²) in [6, 6.07) is 10.8. The lowest BCUT2D eigenvalue weighted by molar-refractivity contribution is 0.227. The van der Waals surface area contributed by atoms with Gasteiger partial charge in [-0.15, -0.1) is 5.10 Å². The van der Waals surface area contributed by atoms with Crippen molar-refractivity contribution in [1.29, 1.82) is 0 Å². The summed E-state index contributed by atoms with van der Waals surface area (Å²) >= 11 is 0. The Morgan fingerprint density at radius 2 is 1.88 bits per heavy atom. The molecule has 1 N–H and O–H groups in total. The third kappa shape index (κ3) is 3.69. The van der Waals surface area contributed by atoms with Crippen molar-refractivity contribution in [2.75, 3.05) is 0 Å². The maximum absolute atomic E-state index is 15.3. The molecule has 0 radical (unpaired) electrons. The molecule has 0 spiro atoms. The molecule has 1 aliphatic carbocycles. The number of aromatic amines is 1. The van der Waals surface area contributed by atoms with Crippen LogP contribution in [0.1, 0.15) is 66.9 Å². The fraction of sp³-hybridized carbons (Fsp3) is 0.417. The number of halogens is 2. The molecule has 0 bridgehead atoms. The maximum Gasteiger partial charge on any atom is 0.434 e. The Morgan fingerprint density at radius 1 is 1.15 bits per heavy atom. The van der Waals surface area contributed by atoms with Crippen LogP contribution in [0.25, 0.3) is 0 Å². The van der Waals surface area contributed by atoms with Crippen LogP contribution in [0.5, 0.6) is 0 Å². The Balaban J connectivity index is 1.48. The second-order valence-electron chi connectivity index (χ2n) is 9.19. The standard InChI is InChI=1S/C24H25F2N3O4S/c1-15-8-9-21(16-6-3-2-4-7-16)34(31,32)29(15)14-17-12-20(26)18(13-19(17)25)24(10-5-11-24)22-27-28-23(30)33-22/h2-4,6-7,12-13,15,21H,5,8-11,14H2,1H3,(H,28,30)/t15-,21-/m0/s1. The van der Waals surface area contributed by atoms with Crippen molar-refractivity contribution in [3.05, 3.63) is 87.2 Å². The second kappa shape index (κ2) is 8.42. The van der Waals surface area contributed by atoms with E-state index in [2.05, 4.69) is 10.2 Å². The van der Waals surface area contributed by atoms with Crippen molar-refractivity contribution in [2.45, 2.75) is 62.3 Å². The Bertz CT molecular complexity index is 1370. The minimum atomic E-state index is -3.79. The minimum Gasteiger partial charge on any atom is -0.392 e. The van der Waals surface area contributed by atoms with Crippen LogP contribution < -0.4 is 5.76 Å². The van der Waals surface area contributed by atoms with Gasteiger partial charge in [0.25, 0.3) is 0 Å². The quantitative estimate of drug-likeness (QED) is 0.580. The number of benzene rings is 2. The molecule has 34 heavy (non-hydrogen) atoms. The van der Waals surface area contributed by atoms with Gasteiger partial charge in [-0.05, 0) is 50.3 Å². The van der Waals surface area contributed by atoms with Crippen molar-refractivity contribution >= 4 is 10.0 Å². The summed E-state index contributed by atoms with van der Waals surface area (Å²) in [5.41, 5.74) is -0.296. The zero-order valence-corrected chi connectivity index (χ0v) is 19.4. The van der Waals surface area contributed by atoms with Gasteiger partial charge in [0.15, 0.2) is 0 Å². The number of sulfonamides is 1. The van der Waals surface area contributed by atoms with E-state index in [1.165, 1.54) is 4.31 Å². The predicted molar refractivity (Wildman–Crippen MR) is 120 cm³/mol. The van der Waals surface area contributed by atoms with Crippen LogP contribution >= 0.6 is 0 Å². The van der Waals surface area contributed by atoms with E-state index in [0.717, 1.165) is 18.6 Å². The monoisotopic (exact) mass is 489 g/mol. The molecule has 0 unspecified atom stereocenters. The van der Waals surface area contributed by atoms with E-state index in [1.807, 2.05) is 6.07 Å². The van der Waals surface area contributed by atoms with E-state index >= 15 is 8.78 Å². The lowest BCUT2D eigenvalue weighted by Crippen LogP contribution is -2.45. The van der Waals surface area contributed by atoms with Gasteiger partial charge in [0.05, 0.1) is 5.41 Å². The average molecular weight is 490 g/mol. The molecular formula is C24H25F2N3O4S. The van der Waals surface area contributed by atoms with E-state index in [-0.39, 0.29) is 29.6 Å². The normalized spacial score (nSPS) is 24.0. The molecule has 10 heteroatoms. The van der Waals surface area contributed by atoms with Crippen LogP contribution in [0.2, 0.25) is 0 Å². The van der Waals surface area contributed by atoms with E-state index in [1.54, 1.807) is 31.2 Å². The van der Waals surface area contributed by atoms with Gasteiger partial charge in [-0.1, -0.05) is 36.8 Å². The highest BCUT2D eigenvalue weighted by Crippen LogP contribution is 2.49. The molecule has 5 rings (SSSR count). The Morgan fingerprint density at radius 3 is 2.50 bits per heavy atom. The molecule has 1 aliphatic heterocycles. The average Bonchev–Trinajstić information content (AvgIpc) is 3.20. The molecule has 180 valence electrons. The first kappa shape index (κ1) is 22.9. The SMILES string of the molecule is C[C@H]1CC[C@@H](c2ccccc2)S(=O)(=O)N1Cc1cc(F)c(C2(c3n[nH]c(=O)o3)CCC2)cc1F. The highest BCUT2D eigenvalue weighted by Gasteiger charge is 2.47. The molecule has 1 saturated carbocycles. The summed E-state index contributed by atoms with van der Waals surface area (Å²) in [4.78, 5) is 11.4. The summed E-state index contributed by atoms with van der Waals surface area (Å²) < 4.78 is 63.9. The zero-order valence-electron chi connectivity index (χ0n) is 18.6. The van der Waals surface area contributed by atoms with Gasteiger partial charge < -0.3 is 4.42 Å². The summed E-state index contributed by atoms with van der Waals surface area (Å²) in [6.07, 6.45) is 2.77. The van der Waals surface area contributed by atoms with Crippen LogP contribution in [0, 0.1) is 11.6 Å². The molecule has 1 saturated heterocycles. The number of hydrogen-bond acceptors (Lipinski definition) is 5. The minimum absolute atomic E-state index is 0.0349. The van der Waals surface area contributed by atoms with E-state index in [9.17, 15) is 13.2 Å². The molecule has 2 atom stereocenters. The molecule has 2 heterocycles. The van der Waals surface area contributed by atoms with Crippen LogP contribution in [-0.2, 0) is 22.0 Å². The van der Waals surface area contributed by atoms with Crippen molar-refractivity contribution in [2.24, 2.45) is 0 Å². The second-order valence-corrected chi connectivity index (χ2v) is 11.3. The first-order valence-corrected chi connectivity index (χ1v) is 12.8. The van der Waals surface area contributed by atoms with Crippen molar-refractivity contribution in [1.82, 2.24) is 14.5 Å².